The molecule has 2 aromatic heterocycles. The van der Waals surface area contributed by atoms with Crippen molar-refractivity contribution in [1.82, 2.24) is 19.8 Å². The lowest BCUT2D eigenvalue weighted by molar-refractivity contribution is 0.337. The molecule has 0 spiro atoms. The first kappa shape index (κ1) is 21.3. The molecule has 11 aromatic rings. The second-order valence-electron chi connectivity index (χ2n) is 14.9. The van der Waals surface area contributed by atoms with Crippen LogP contribution in [0.3, 0.4) is 0 Å². The summed E-state index contributed by atoms with van der Waals surface area (Å²) in [5.74, 6) is -0.318. The number of nitrogens with zero attached hydrogens (tertiary/aromatic N) is 3. The average molecular weight is 847 g/mol. The molecule has 0 amide bonds. The van der Waals surface area contributed by atoms with E-state index in [2.05, 4.69) is 10.6 Å². The Kier molecular flexibility index (Phi) is 5.18. The van der Waals surface area contributed by atoms with Crippen LogP contribution >= 0.6 is 0 Å². The monoisotopic (exact) mass is 846 g/mol. The van der Waals surface area contributed by atoms with E-state index in [1.165, 1.54) is 4.57 Å². The zero-order valence-corrected chi connectivity index (χ0v) is 33.9. The fourth-order valence-corrected chi connectivity index (χ4v) is 13.7. The second kappa shape index (κ2) is 15.3. The maximum Gasteiger partial charge on any atom is 0.208 e. The van der Waals surface area contributed by atoms with Crippen molar-refractivity contribution in [1.29, 1.82) is 0 Å². The van der Waals surface area contributed by atoms with Crippen molar-refractivity contribution in [2.75, 3.05) is 0 Å². The minimum Gasteiger partial charge on any atom is -0.336 e. The van der Waals surface area contributed by atoms with Gasteiger partial charge < -0.3 is 9.88 Å². The van der Waals surface area contributed by atoms with Crippen molar-refractivity contribution in [3.63, 3.8) is 0 Å². The fourth-order valence-electron chi connectivity index (χ4n) is 8.90. The number of hydrogen-bond donors (Lipinski definition) is 2. The Morgan fingerprint density at radius 2 is 0.921 bits per heavy atom. The SMILES string of the molecule is [2H]c1c([2H])c([2H])c(-c2cccc([Si](c3ccccc3)(c3ccccc3)c3cccc(C4NC(n5c6c([2H])c([2H])c([2H])c([2H])c6c6c([2H])c([2H])c([2H])c([2H])c65)=NC(n5c6c([2H])c([2H])c([2H])c([2H])c6c6c([2H])c([2H])c([2H])c([2H])c65)N4)c3)c2)c([2H])c1[2H]. The van der Waals surface area contributed by atoms with Crippen molar-refractivity contribution in [2.24, 2.45) is 4.99 Å². The van der Waals surface area contributed by atoms with Gasteiger partial charge >= 0.3 is 0 Å². The highest BCUT2D eigenvalue weighted by atomic mass is 28.3. The van der Waals surface area contributed by atoms with Gasteiger partial charge in [-0.25, -0.2) is 4.99 Å². The predicted molar refractivity (Wildman–Crippen MR) is 265 cm³/mol. The van der Waals surface area contributed by atoms with E-state index in [1.54, 1.807) is 24.3 Å². The Labute approximate surface area is 396 Å². The quantitative estimate of drug-likeness (QED) is 0.124. The third-order valence-electron chi connectivity index (χ3n) is 11.5. The third-order valence-corrected chi connectivity index (χ3v) is 16.3. The smallest absolute Gasteiger partial charge is 0.208 e. The molecule has 1 aliphatic heterocycles. The van der Waals surface area contributed by atoms with E-state index in [-0.39, 0.29) is 55.1 Å². The van der Waals surface area contributed by atoms with Gasteiger partial charge in [0.25, 0.3) is 0 Å². The second-order valence-corrected chi connectivity index (χ2v) is 18.7. The largest absolute Gasteiger partial charge is 0.336 e. The van der Waals surface area contributed by atoms with Crippen molar-refractivity contribution < 1.29 is 28.8 Å². The summed E-state index contributed by atoms with van der Waals surface area (Å²) in [6.45, 7) is 0. The first-order valence-corrected chi connectivity index (χ1v) is 22.0. The van der Waals surface area contributed by atoms with Crippen LogP contribution in [-0.2, 0) is 0 Å². The molecule has 2 unspecified atom stereocenters. The summed E-state index contributed by atoms with van der Waals surface area (Å²) in [6.07, 6.45) is -2.93. The van der Waals surface area contributed by atoms with Gasteiger partial charge in [-0.3, -0.25) is 9.88 Å². The molecule has 12 rings (SSSR count). The molecule has 0 radical (unpaired) electrons. The van der Waals surface area contributed by atoms with E-state index in [4.69, 9.17) is 22.8 Å². The molecule has 0 fully saturated rings. The Bertz CT molecular complexity index is 4500. The van der Waals surface area contributed by atoms with Crippen molar-refractivity contribution in [2.45, 2.75) is 12.5 Å². The predicted octanol–water partition coefficient (Wildman–Crippen LogP) is 10.2. The van der Waals surface area contributed by atoms with Gasteiger partial charge in [0.15, 0.2) is 14.4 Å². The zero-order chi connectivity index (χ0) is 60.0. The molecule has 2 atom stereocenters. The highest BCUT2D eigenvalue weighted by Gasteiger charge is 2.42. The summed E-state index contributed by atoms with van der Waals surface area (Å²) in [4.78, 5) is 5.07. The summed E-state index contributed by atoms with van der Waals surface area (Å²) in [7, 11) is -3.71. The van der Waals surface area contributed by atoms with E-state index in [9.17, 15) is 11.0 Å². The van der Waals surface area contributed by atoms with Crippen LogP contribution in [0.15, 0.2) is 241 Å². The maximum atomic E-state index is 9.41. The number of hydrogen-bond acceptors (Lipinski definition) is 3. The number of aromatic nitrogens is 2. The molecule has 0 saturated carbocycles. The minimum absolute atomic E-state index is 0.00588. The van der Waals surface area contributed by atoms with Crippen LogP contribution in [0.25, 0.3) is 54.7 Å². The molecule has 2 N–H and O–H groups in total. The average Bonchev–Trinajstić information content (AvgIpc) is 1.61. The third kappa shape index (κ3) is 6.06. The van der Waals surface area contributed by atoms with Gasteiger partial charge in [-0.1, -0.05) is 212 Å². The summed E-state index contributed by atoms with van der Waals surface area (Å²) in [5.41, 5.74) is -0.435. The van der Waals surface area contributed by atoms with Crippen LogP contribution in [-0.4, -0.2) is 23.2 Å². The van der Waals surface area contributed by atoms with Crippen molar-refractivity contribution in [3.05, 3.63) is 242 Å². The Balaban J connectivity index is 1.19. The normalized spacial score (nSPS) is 20.1. The molecule has 9 aromatic carbocycles. The first-order chi connectivity index (χ1) is 40.0. The molecule has 6 heteroatoms. The van der Waals surface area contributed by atoms with Crippen LogP contribution in [0.4, 0.5) is 0 Å². The molecule has 63 heavy (non-hydrogen) atoms. The van der Waals surface area contributed by atoms with Crippen LogP contribution in [0.1, 0.15) is 46.8 Å². The molecule has 300 valence electrons. The topological polar surface area (TPSA) is 46.3 Å². The van der Waals surface area contributed by atoms with E-state index >= 15 is 0 Å². The lowest BCUT2D eigenvalue weighted by Gasteiger charge is -2.36. The molecule has 0 saturated heterocycles. The summed E-state index contributed by atoms with van der Waals surface area (Å²) in [5, 5.41) is 8.90. The van der Waals surface area contributed by atoms with Gasteiger partial charge in [-0.15, -0.1) is 0 Å². The minimum atomic E-state index is -3.71. The van der Waals surface area contributed by atoms with Crippen LogP contribution in [0, 0.1) is 0 Å². The number of para-hydroxylation sites is 4. The Morgan fingerprint density at radius 1 is 0.444 bits per heavy atom. The van der Waals surface area contributed by atoms with Crippen molar-refractivity contribution >= 4 is 78.4 Å². The molecule has 5 nitrogen and oxygen atoms in total. The fraction of sp³-hybridized carbons (Fsp3) is 0.0351. The Morgan fingerprint density at radius 3 is 1.51 bits per heavy atom. The number of fused-ring (bicyclic) bond motifs is 6. The molecule has 1 aliphatic rings. The summed E-state index contributed by atoms with van der Waals surface area (Å²) in [6, 6.07) is 20.9. The molecule has 3 heterocycles. The molecular formula is C57H43N5Si. The Hall–Kier alpha value is -7.77. The van der Waals surface area contributed by atoms with Crippen LogP contribution in [0.5, 0.6) is 0 Å². The van der Waals surface area contributed by atoms with Gasteiger partial charge in [0, 0.05) is 21.5 Å². The summed E-state index contributed by atoms with van der Waals surface area (Å²) >= 11 is 0. The lowest BCUT2D eigenvalue weighted by atomic mass is 10.1. The number of benzene rings is 9. The molecular weight excluding hydrogens is 783 g/mol. The van der Waals surface area contributed by atoms with E-state index in [0.717, 1.165) is 25.3 Å². The molecule has 0 bridgehead atoms. The van der Waals surface area contributed by atoms with Gasteiger partial charge in [0.2, 0.25) is 5.96 Å². The maximum absolute atomic E-state index is 9.41. The van der Waals surface area contributed by atoms with Crippen LogP contribution in [0.2, 0.25) is 0 Å². The zero-order valence-electron chi connectivity index (χ0n) is 53.9. The molecule has 0 aliphatic carbocycles. The highest BCUT2D eigenvalue weighted by molar-refractivity contribution is 7.20. The van der Waals surface area contributed by atoms with Gasteiger partial charge in [0.1, 0.15) is 6.17 Å². The van der Waals surface area contributed by atoms with Gasteiger partial charge in [0.05, 0.1) is 50.9 Å². The first-order valence-electron chi connectivity index (χ1n) is 30.5. The van der Waals surface area contributed by atoms with E-state index in [0.29, 0.717) is 11.1 Å². The lowest BCUT2D eigenvalue weighted by Crippen LogP contribution is -2.74. The highest BCUT2D eigenvalue weighted by Crippen LogP contribution is 2.35. The standard InChI is InChI=1S/C57H43N5Si/c1-4-20-40(21-5-1)41-22-18-28-45(38-41)63(43-24-6-2-7-25-43,44-26-8-3-9-27-44)46-29-19-23-42(39-46)55-58-56(61-51-34-14-10-30-47(51)48-31-11-15-35-52(48)61)60-57(59-55)62-53-36-16-12-32-49(53)50-33-13-17-37-54(50)62/h1-39,55-56,58H,(H,59,60)/i1D,4D,5D,10D,11D,12D,13D,14D,15D,16D,17D,20D,21D,30D,31D,32D,33D,34D,35D,36D,37D. The summed E-state index contributed by atoms with van der Waals surface area (Å²) < 4.78 is 191. The number of nitrogens with one attached hydrogen (secondary N) is 2. The van der Waals surface area contributed by atoms with E-state index in [1.807, 2.05) is 84.9 Å². The van der Waals surface area contributed by atoms with Gasteiger partial charge in [-0.2, -0.15) is 0 Å². The van der Waals surface area contributed by atoms with Gasteiger partial charge in [-0.05, 0) is 61.6 Å². The van der Waals surface area contributed by atoms with E-state index < -0.39 is 147 Å². The number of aliphatic imine (C=N–C) groups is 1. The number of rotatable bonds is 7. The van der Waals surface area contributed by atoms with Crippen molar-refractivity contribution in [3.8, 4) is 11.1 Å². The van der Waals surface area contributed by atoms with Crippen LogP contribution < -0.4 is 31.4 Å².